The third-order valence-electron chi connectivity index (χ3n) is 2.95. The highest BCUT2D eigenvalue weighted by molar-refractivity contribution is 7.99. The molecule has 0 saturated heterocycles. The van der Waals surface area contributed by atoms with Crippen LogP contribution in [0.2, 0.25) is 5.02 Å². The third-order valence-corrected chi connectivity index (χ3v) is 4.22. The maximum Gasteiger partial charge on any atom is 0.417 e. The number of nitrogens with one attached hydrogen (secondary N) is 1. The van der Waals surface area contributed by atoms with E-state index >= 15 is 0 Å². The number of rotatable bonds is 4. The summed E-state index contributed by atoms with van der Waals surface area (Å²) in [5, 5.41) is 10.6. The minimum atomic E-state index is -4.61. The summed E-state index contributed by atoms with van der Waals surface area (Å²) in [7, 11) is 0. The first kappa shape index (κ1) is 18.2. The van der Waals surface area contributed by atoms with E-state index in [9.17, 15) is 18.0 Å². The van der Waals surface area contributed by atoms with Crippen molar-refractivity contribution in [2.24, 2.45) is 0 Å². The quantitative estimate of drug-likeness (QED) is 0.750. The Bertz CT molecular complexity index is 803. The van der Waals surface area contributed by atoms with Crippen LogP contribution in [0, 0.1) is 11.3 Å². The zero-order chi connectivity index (χ0) is 17.7. The average molecular weight is 371 g/mol. The number of anilines is 1. The summed E-state index contributed by atoms with van der Waals surface area (Å²) in [5.41, 5.74) is -0.757. The van der Waals surface area contributed by atoms with Crippen LogP contribution in [-0.4, -0.2) is 11.7 Å². The van der Waals surface area contributed by atoms with Gasteiger partial charge in [-0.3, -0.25) is 4.79 Å². The Hall–Kier alpha value is -2.17. The Balaban J connectivity index is 2.27. The van der Waals surface area contributed by atoms with Gasteiger partial charge in [-0.15, -0.1) is 11.8 Å². The topological polar surface area (TPSA) is 52.9 Å². The molecule has 0 saturated carbocycles. The first-order chi connectivity index (χ1) is 11.3. The molecule has 2 aromatic carbocycles. The van der Waals surface area contributed by atoms with Crippen molar-refractivity contribution >= 4 is 35.0 Å². The zero-order valence-corrected chi connectivity index (χ0v) is 13.6. The van der Waals surface area contributed by atoms with E-state index in [-0.39, 0.29) is 17.0 Å². The normalized spacial score (nSPS) is 11.0. The van der Waals surface area contributed by atoms with Crippen molar-refractivity contribution in [1.29, 1.82) is 5.26 Å². The molecule has 1 amide bonds. The smallest absolute Gasteiger partial charge is 0.322 e. The Kier molecular flexibility index (Phi) is 5.75. The number of halogens is 4. The van der Waals surface area contributed by atoms with E-state index in [1.54, 1.807) is 18.2 Å². The minimum Gasteiger partial charge on any atom is -0.322 e. The van der Waals surface area contributed by atoms with Gasteiger partial charge < -0.3 is 5.32 Å². The average Bonchev–Trinajstić information content (AvgIpc) is 2.54. The van der Waals surface area contributed by atoms with Crippen molar-refractivity contribution in [2.75, 3.05) is 11.1 Å². The number of carbonyl (C=O) groups is 1. The second kappa shape index (κ2) is 7.60. The van der Waals surface area contributed by atoms with Crippen LogP contribution in [0.1, 0.15) is 15.9 Å². The molecule has 0 heterocycles. The molecule has 2 aromatic rings. The highest BCUT2D eigenvalue weighted by atomic mass is 35.5. The molecule has 0 atom stereocenters. The standard InChI is InChI=1S/C16H10ClF3N2OS/c17-13-6-5-10(9-12(13)16(18,19)20)22-15(23)11-3-1-2-4-14(11)24-8-7-21/h1-6,9H,8H2,(H,22,23). The molecule has 3 nitrogen and oxygen atoms in total. The lowest BCUT2D eigenvalue weighted by Gasteiger charge is -2.13. The molecule has 0 aliphatic rings. The molecule has 0 aromatic heterocycles. The summed E-state index contributed by atoms with van der Waals surface area (Å²) >= 11 is 6.72. The molecule has 0 fully saturated rings. The second-order valence-electron chi connectivity index (χ2n) is 4.59. The maximum atomic E-state index is 12.9. The van der Waals surface area contributed by atoms with Crippen LogP contribution < -0.4 is 5.32 Å². The van der Waals surface area contributed by atoms with Crippen molar-refractivity contribution < 1.29 is 18.0 Å². The number of hydrogen-bond acceptors (Lipinski definition) is 3. The molecule has 0 bridgehead atoms. The van der Waals surface area contributed by atoms with Crippen LogP contribution in [0.25, 0.3) is 0 Å². The van der Waals surface area contributed by atoms with E-state index in [1.807, 2.05) is 6.07 Å². The second-order valence-corrected chi connectivity index (χ2v) is 6.01. The fraction of sp³-hybridized carbons (Fsp3) is 0.125. The van der Waals surface area contributed by atoms with Crippen LogP contribution in [0.15, 0.2) is 47.4 Å². The molecule has 1 N–H and O–H groups in total. The zero-order valence-electron chi connectivity index (χ0n) is 12.0. The SMILES string of the molecule is N#CCSc1ccccc1C(=O)Nc1ccc(Cl)c(C(F)(F)F)c1. The Labute approximate surface area is 145 Å². The van der Waals surface area contributed by atoms with Gasteiger partial charge in [-0.25, -0.2) is 0 Å². The molecule has 8 heteroatoms. The predicted octanol–water partition coefficient (Wildman–Crippen LogP) is 5.23. The van der Waals surface area contributed by atoms with E-state index in [2.05, 4.69) is 5.32 Å². The molecule has 0 aliphatic carbocycles. The Morgan fingerprint density at radius 1 is 1.25 bits per heavy atom. The molecular formula is C16H10ClF3N2OS. The summed E-state index contributed by atoms with van der Waals surface area (Å²) in [6, 6.07) is 11.7. The Morgan fingerprint density at radius 3 is 2.62 bits per heavy atom. The number of nitrogens with zero attached hydrogens (tertiary/aromatic N) is 1. The van der Waals surface area contributed by atoms with Crippen LogP contribution in [0.3, 0.4) is 0 Å². The van der Waals surface area contributed by atoms with E-state index in [0.717, 1.165) is 12.1 Å². The predicted molar refractivity (Wildman–Crippen MR) is 87.2 cm³/mol. The molecule has 0 radical (unpaired) electrons. The van der Waals surface area contributed by atoms with Crippen LogP contribution in [0.5, 0.6) is 0 Å². The largest absolute Gasteiger partial charge is 0.417 e. The van der Waals surface area contributed by atoms with E-state index in [1.165, 1.54) is 23.9 Å². The molecule has 0 unspecified atom stereocenters. The van der Waals surface area contributed by atoms with Crippen LogP contribution in [0.4, 0.5) is 18.9 Å². The number of amides is 1. The fourth-order valence-electron chi connectivity index (χ4n) is 1.91. The highest BCUT2D eigenvalue weighted by Crippen LogP contribution is 2.36. The molecule has 24 heavy (non-hydrogen) atoms. The first-order valence-corrected chi connectivity index (χ1v) is 7.96. The minimum absolute atomic E-state index is 0.0168. The number of carbonyl (C=O) groups excluding carboxylic acids is 1. The lowest BCUT2D eigenvalue weighted by molar-refractivity contribution is -0.137. The molecular weight excluding hydrogens is 361 g/mol. The van der Waals surface area contributed by atoms with Crippen molar-refractivity contribution in [1.82, 2.24) is 0 Å². The number of hydrogen-bond donors (Lipinski definition) is 1. The first-order valence-electron chi connectivity index (χ1n) is 6.60. The number of nitriles is 1. The number of benzene rings is 2. The fourth-order valence-corrected chi connectivity index (χ4v) is 2.84. The van der Waals surface area contributed by atoms with E-state index < -0.39 is 22.7 Å². The van der Waals surface area contributed by atoms with Crippen molar-refractivity contribution in [3.63, 3.8) is 0 Å². The van der Waals surface area contributed by atoms with Crippen molar-refractivity contribution in [3.05, 3.63) is 58.6 Å². The number of alkyl halides is 3. The summed E-state index contributed by atoms with van der Waals surface area (Å²) in [6.45, 7) is 0. The molecule has 0 spiro atoms. The van der Waals surface area contributed by atoms with Gasteiger partial charge in [0.2, 0.25) is 0 Å². The van der Waals surface area contributed by atoms with Gasteiger partial charge in [0.05, 0.1) is 28.0 Å². The van der Waals surface area contributed by atoms with Gasteiger partial charge in [-0.1, -0.05) is 23.7 Å². The van der Waals surface area contributed by atoms with E-state index in [0.29, 0.717) is 4.90 Å². The lowest BCUT2D eigenvalue weighted by atomic mass is 10.1. The van der Waals surface area contributed by atoms with Gasteiger partial charge in [0.25, 0.3) is 5.91 Å². The van der Waals surface area contributed by atoms with Gasteiger partial charge >= 0.3 is 6.18 Å². The van der Waals surface area contributed by atoms with Gasteiger partial charge in [0.1, 0.15) is 0 Å². The van der Waals surface area contributed by atoms with Gasteiger partial charge in [0, 0.05) is 10.6 Å². The van der Waals surface area contributed by atoms with E-state index in [4.69, 9.17) is 16.9 Å². The van der Waals surface area contributed by atoms with Crippen LogP contribution >= 0.6 is 23.4 Å². The molecule has 0 aliphatic heterocycles. The van der Waals surface area contributed by atoms with Crippen molar-refractivity contribution in [3.8, 4) is 6.07 Å². The van der Waals surface area contributed by atoms with Crippen LogP contribution in [-0.2, 0) is 6.18 Å². The van der Waals surface area contributed by atoms with Gasteiger partial charge in [0.15, 0.2) is 0 Å². The summed E-state index contributed by atoms with van der Waals surface area (Å²) in [6.07, 6.45) is -4.61. The third kappa shape index (κ3) is 4.43. The lowest BCUT2D eigenvalue weighted by Crippen LogP contribution is -2.14. The Morgan fingerprint density at radius 2 is 1.96 bits per heavy atom. The van der Waals surface area contributed by atoms with Gasteiger partial charge in [-0.2, -0.15) is 18.4 Å². The summed E-state index contributed by atoms with van der Waals surface area (Å²) in [4.78, 5) is 12.9. The monoisotopic (exact) mass is 370 g/mol. The maximum absolute atomic E-state index is 12.9. The molecule has 124 valence electrons. The summed E-state index contributed by atoms with van der Waals surface area (Å²) < 4.78 is 38.6. The molecule has 2 rings (SSSR count). The van der Waals surface area contributed by atoms with Crippen molar-refractivity contribution in [2.45, 2.75) is 11.1 Å². The summed E-state index contributed by atoms with van der Waals surface area (Å²) in [5.74, 6) is -0.407. The van der Waals surface area contributed by atoms with Gasteiger partial charge in [-0.05, 0) is 30.3 Å². The highest BCUT2D eigenvalue weighted by Gasteiger charge is 2.33. The number of thioether (sulfide) groups is 1.